The number of halogens is 3. The van der Waals surface area contributed by atoms with Gasteiger partial charge in [0.15, 0.2) is 0 Å². The maximum absolute atomic E-state index is 11.8. The molecule has 0 saturated carbocycles. The van der Waals surface area contributed by atoms with E-state index < -0.39 is 18.6 Å². The Morgan fingerprint density at radius 2 is 2.14 bits per heavy atom. The summed E-state index contributed by atoms with van der Waals surface area (Å²) >= 11 is 0. The fourth-order valence-electron chi connectivity index (χ4n) is 1.17. The van der Waals surface area contributed by atoms with Gasteiger partial charge in [-0.3, -0.25) is 9.79 Å². The van der Waals surface area contributed by atoms with Crippen LogP contribution in [-0.4, -0.2) is 24.0 Å². The van der Waals surface area contributed by atoms with Gasteiger partial charge in [0.2, 0.25) is 5.91 Å². The molecule has 0 aromatic rings. The van der Waals surface area contributed by atoms with E-state index in [1.54, 1.807) is 6.92 Å². The van der Waals surface area contributed by atoms with Crippen molar-refractivity contribution in [3.05, 3.63) is 0 Å². The average molecular weight is 208 g/mol. The van der Waals surface area contributed by atoms with Crippen LogP contribution in [-0.2, 0) is 4.79 Å². The van der Waals surface area contributed by atoms with E-state index >= 15 is 0 Å². The van der Waals surface area contributed by atoms with Crippen LogP contribution in [0.4, 0.5) is 13.2 Å². The van der Waals surface area contributed by atoms with Crippen LogP contribution in [0.1, 0.15) is 26.2 Å². The van der Waals surface area contributed by atoms with Gasteiger partial charge < -0.3 is 5.32 Å². The molecule has 14 heavy (non-hydrogen) atoms. The summed E-state index contributed by atoms with van der Waals surface area (Å²) in [6, 6.07) is -0.502. The second-order valence-electron chi connectivity index (χ2n) is 3.10. The molecule has 1 N–H and O–H groups in total. The van der Waals surface area contributed by atoms with E-state index in [4.69, 9.17) is 0 Å². The number of hydrogen-bond donors (Lipinski definition) is 1. The first-order valence-corrected chi connectivity index (χ1v) is 4.36. The fourth-order valence-corrected chi connectivity index (χ4v) is 1.17. The molecule has 0 saturated heterocycles. The number of nitrogens with one attached hydrogen (secondary N) is 1. The number of alkyl halides is 3. The molecule has 1 aliphatic rings. The minimum absolute atomic E-state index is 0.152. The number of rotatable bonds is 3. The van der Waals surface area contributed by atoms with Crippen molar-refractivity contribution in [2.45, 2.75) is 38.4 Å². The minimum Gasteiger partial charge on any atom is -0.313 e. The van der Waals surface area contributed by atoms with Crippen molar-refractivity contribution in [2.24, 2.45) is 4.99 Å². The third-order valence-corrected chi connectivity index (χ3v) is 1.91. The van der Waals surface area contributed by atoms with E-state index in [9.17, 15) is 18.0 Å². The summed E-state index contributed by atoms with van der Waals surface area (Å²) in [5.41, 5.74) is 0. The van der Waals surface area contributed by atoms with E-state index in [-0.39, 0.29) is 18.2 Å². The Kier molecular flexibility index (Phi) is 3.13. The molecule has 3 nitrogen and oxygen atoms in total. The molecule has 1 aliphatic heterocycles. The van der Waals surface area contributed by atoms with E-state index in [1.165, 1.54) is 0 Å². The summed E-state index contributed by atoms with van der Waals surface area (Å²) in [4.78, 5) is 14.9. The van der Waals surface area contributed by atoms with Crippen LogP contribution in [0.15, 0.2) is 4.99 Å². The van der Waals surface area contributed by atoms with Gasteiger partial charge in [0.05, 0.1) is 6.42 Å². The van der Waals surface area contributed by atoms with Crippen LogP contribution in [0, 0.1) is 0 Å². The maximum atomic E-state index is 11.8. The highest BCUT2D eigenvalue weighted by atomic mass is 19.4. The summed E-state index contributed by atoms with van der Waals surface area (Å²) in [6.45, 7) is 1.76. The second-order valence-corrected chi connectivity index (χ2v) is 3.10. The third-order valence-electron chi connectivity index (χ3n) is 1.91. The summed E-state index contributed by atoms with van der Waals surface area (Å²) in [5, 5.41) is 2.34. The van der Waals surface area contributed by atoms with Gasteiger partial charge in [-0.2, -0.15) is 13.2 Å². The largest absolute Gasteiger partial charge is 0.389 e. The van der Waals surface area contributed by atoms with Crippen molar-refractivity contribution in [3.8, 4) is 0 Å². The van der Waals surface area contributed by atoms with Crippen molar-refractivity contribution < 1.29 is 18.0 Å². The van der Waals surface area contributed by atoms with Crippen LogP contribution in [0.25, 0.3) is 0 Å². The first-order chi connectivity index (χ1) is 6.42. The second kappa shape index (κ2) is 3.98. The van der Waals surface area contributed by atoms with Crippen molar-refractivity contribution in [2.75, 3.05) is 0 Å². The molecule has 1 unspecified atom stereocenters. The molecule has 0 spiro atoms. The Hall–Kier alpha value is -1.07. The first kappa shape index (κ1) is 11.0. The summed E-state index contributed by atoms with van der Waals surface area (Å²) < 4.78 is 35.5. The minimum atomic E-state index is -4.20. The maximum Gasteiger partial charge on any atom is 0.389 e. The SMILES string of the molecule is CCC1N=C(CCC(F)(F)F)NC1=O. The number of aliphatic imine (C=N–C) groups is 1. The zero-order valence-corrected chi connectivity index (χ0v) is 7.69. The van der Waals surface area contributed by atoms with Gasteiger partial charge in [0.25, 0.3) is 0 Å². The predicted octanol–water partition coefficient (Wildman–Crippen LogP) is 1.64. The number of carbonyl (C=O) groups is 1. The van der Waals surface area contributed by atoms with Gasteiger partial charge in [0, 0.05) is 6.42 Å². The molecule has 0 radical (unpaired) electrons. The van der Waals surface area contributed by atoms with Crippen molar-refractivity contribution in [3.63, 3.8) is 0 Å². The number of nitrogens with zero attached hydrogens (tertiary/aromatic N) is 1. The molecular formula is C8H11F3N2O. The Morgan fingerprint density at radius 1 is 1.50 bits per heavy atom. The highest BCUT2D eigenvalue weighted by molar-refractivity contribution is 6.05. The monoisotopic (exact) mass is 208 g/mol. The average Bonchev–Trinajstić information content (AvgIpc) is 2.42. The lowest BCUT2D eigenvalue weighted by molar-refractivity contribution is -0.133. The first-order valence-electron chi connectivity index (χ1n) is 4.36. The predicted molar refractivity (Wildman–Crippen MR) is 44.9 cm³/mol. The van der Waals surface area contributed by atoms with E-state index in [0.29, 0.717) is 6.42 Å². The molecule has 0 aromatic heterocycles. The number of carbonyl (C=O) groups excluding carboxylic acids is 1. The molecule has 1 heterocycles. The lowest BCUT2D eigenvalue weighted by atomic mass is 10.2. The van der Waals surface area contributed by atoms with Crippen LogP contribution < -0.4 is 5.32 Å². The van der Waals surface area contributed by atoms with Gasteiger partial charge in [0.1, 0.15) is 11.9 Å². The van der Waals surface area contributed by atoms with Gasteiger partial charge in [-0.1, -0.05) is 6.92 Å². The fraction of sp³-hybridized carbons (Fsp3) is 0.750. The third kappa shape index (κ3) is 3.01. The van der Waals surface area contributed by atoms with Crippen molar-refractivity contribution in [1.29, 1.82) is 0 Å². The molecule has 1 amide bonds. The highest BCUT2D eigenvalue weighted by Gasteiger charge is 2.30. The van der Waals surface area contributed by atoms with Gasteiger partial charge >= 0.3 is 6.18 Å². The highest BCUT2D eigenvalue weighted by Crippen LogP contribution is 2.22. The standard InChI is InChI=1S/C8H11F3N2O/c1-2-5-7(14)13-6(12-5)3-4-8(9,10)11/h5H,2-4H2,1H3,(H,12,13,14). The molecule has 0 aliphatic carbocycles. The Labute approximate surface area is 79.4 Å². The van der Waals surface area contributed by atoms with Gasteiger partial charge in [-0.05, 0) is 6.42 Å². The summed E-state index contributed by atoms with van der Waals surface area (Å²) in [7, 11) is 0. The zero-order chi connectivity index (χ0) is 10.8. The van der Waals surface area contributed by atoms with Crippen LogP contribution >= 0.6 is 0 Å². The zero-order valence-electron chi connectivity index (χ0n) is 7.69. The number of amidine groups is 1. The Balaban J connectivity index is 2.44. The van der Waals surface area contributed by atoms with Gasteiger partial charge in [-0.25, -0.2) is 0 Å². The Morgan fingerprint density at radius 3 is 2.57 bits per heavy atom. The van der Waals surface area contributed by atoms with Gasteiger partial charge in [-0.15, -0.1) is 0 Å². The molecular weight excluding hydrogens is 197 g/mol. The topological polar surface area (TPSA) is 41.5 Å². The van der Waals surface area contributed by atoms with E-state index in [0.717, 1.165) is 0 Å². The molecule has 6 heteroatoms. The lowest BCUT2D eigenvalue weighted by Crippen LogP contribution is -2.29. The quantitative estimate of drug-likeness (QED) is 0.752. The molecule has 0 bridgehead atoms. The lowest BCUT2D eigenvalue weighted by Gasteiger charge is -2.04. The van der Waals surface area contributed by atoms with Crippen molar-refractivity contribution in [1.82, 2.24) is 5.32 Å². The molecule has 0 aromatic carbocycles. The van der Waals surface area contributed by atoms with Crippen molar-refractivity contribution >= 4 is 11.7 Å². The summed E-state index contributed by atoms with van der Waals surface area (Å²) in [6.07, 6.45) is -4.87. The molecule has 1 atom stereocenters. The molecule has 0 fully saturated rings. The van der Waals surface area contributed by atoms with Crippen LogP contribution in [0.5, 0.6) is 0 Å². The van der Waals surface area contributed by atoms with E-state index in [2.05, 4.69) is 10.3 Å². The smallest absolute Gasteiger partial charge is 0.313 e. The normalized spacial score (nSPS) is 22.1. The van der Waals surface area contributed by atoms with Crippen LogP contribution in [0.2, 0.25) is 0 Å². The molecule has 80 valence electrons. The number of hydrogen-bond acceptors (Lipinski definition) is 2. The van der Waals surface area contributed by atoms with Crippen LogP contribution in [0.3, 0.4) is 0 Å². The number of amides is 1. The Bertz CT molecular complexity index is 260. The molecule has 1 rings (SSSR count). The van der Waals surface area contributed by atoms with E-state index in [1.807, 2.05) is 0 Å². The summed E-state index contributed by atoms with van der Waals surface area (Å²) in [5.74, 6) is -0.149.